The molecule has 0 bridgehead atoms. The van der Waals surface area contributed by atoms with Gasteiger partial charge in [-0.25, -0.2) is 4.39 Å². The van der Waals surface area contributed by atoms with Crippen LogP contribution < -0.4 is 10.1 Å². The third kappa shape index (κ3) is 4.86. The highest BCUT2D eigenvalue weighted by atomic mass is 19.1. The number of carbonyl (C=O) groups is 2. The van der Waals surface area contributed by atoms with Crippen LogP contribution in [0.15, 0.2) is 54.2 Å². The lowest BCUT2D eigenvalue weighted by Crippen LogP contribution is -2.33. The van der Waals surface area contributed by atoms with E-state index < -0.39 is 17.6 Å². The second-order valence-electron chi connectivity index (χ2n) is 7.18. The summed E-state index contributed by atoms with van der Waals surface area (Å²) in [5.41, 5.74) is 1.51. The Labute approximate surface area is 175 Å². The molecule has 0 unspecified atom stereocenters. The molecule has 0 radical (unpaired) electrons. The van der Waals surface area contributed by atoms with Crippen LogP contribution in [0.4, 0.5) is 10.1 Å². The number of ether oxygens (including phenoxy) is 2. The van der Waals surface area contributed by atoms with Gasteiger partial charge in [-0.3, -0.25) is 14.5 Å². The molecule has 30 heavy (non-hydrogen) atoms. The Hall–Kier alpha value is -3.19. The minimum Gasteiger partial charge on any atom is -0.491 e. The zero-order chi connectivity index (χ0) is 21.7. The summed E-state index contributed by atoms with van der Waals surface area (Å²) in [7, 11) is 1.56. The summed E-state index contributed by atoms with van der Waals surface area (Å²) in [6.45, 7) is 4.55. The monoisotopic (exact) mass is 412 g/mol. The molecule has 0 saturated carbocycles. The molecule has 1 aliphatic rings. The number of rotatable bonds is 9. The first-order valence-electron chi connectivity index (χ1n) is 9.79. The molecule has 1 N–H and O–H groups in total. The molecule has 0 fully saturated rings. The molecule has 2 aromatic carbocycles. The largest absolute Gasteiger partial charge is 0.491 e. The normalized spacial score (nSPS) is 14.1. The van der Waals surface area contributed by atoms with Crippen LogP contribution in [0.3, 0.4) is 0 Å². The van der Waals surface area contributed by atoms with E-state index in [2.05, 4.69) is 5.32 Å². The molecule has 0 saturated heterocycles. The molecule has 1 heterocycles. The molecular weight excluding hydrogens is 387 g/mol. The molecule has 0 atom stereocenters. The van der Waals surface area contributed by atoms with Gasteiger partial charge in [-0.15, -0.1) is 0 Å². The molecular formula is C23H25FN2O4. The van der Waals surface area contributed by atoms with E-state index in [9.17, 15) is 14.0 Å². The number of imide groups is 1. The van der Waals surface area contributed by atoms with Crippen molar-refractivity contribution < 1.29 is 23.5 Å². The van der Waals surface area contributed by atoms with Gasteiger partial charge >= 0.3 is 0 Å². The summed E-state index contributed by atoms with van der Waals surface area (Å²) in [4.78, 5) is 27.2. The van der Waals surface area contributed by atoms with Gasteiger partial charge in [-0.2, -0.15) is 0 Å². The van der Waals surface area contributed by atoms with E-state index in [1.807, 2.05) is 13.8 Å². The van der Waals surface area contributed by atoms with Crippen molar-refractivity contribution in [3.8, 4) is 5.75 Å². The molecule has 0 aliphatic carbocycles. The van der Waals surface area contributed by atoms with Crippen molar-refractivity contribution in [1.82, 2.24) is 4.90 Å². The average Bonchev–Trinajstić information content (AvgIpc) is 2.94. The number of hydrogen-bond donors (Lipinski definition) is 1. The van der Waals surface area contributed by atoms with Crippen LogP contribution in [0.25, 0.3) is 5.57 Å². The maximum absolute atomic E-state index is 13.4. The summed E-state index contributed by atoms with van der Waals surface area (Å²) in [5, 5.41) is 3.07. The van der Waals surface area contributed by atoms with Crippen LogP contribution in [0.5, 0.6) is 5.75 Å². The van der Waals surface area contributed by atoms with Crippen LogP contribution in [0, 0.1) is 5.82 Å². The summed E-state index contributed by atoms with van der Waals surface area (Å²) in [6, 6.07) is 12.7. The number of methoxy groups -OCH3 is 1. The van der Waals surface area contributed by atoms with E-state index in [0.717, 1.165) is 0 Å². The zero-order valence-electron chi connectivity index (χ0n) is 17.3. The molecule has 0 aromatic heterocycles. The Kier molecular flexibility index (Phi) is 6.84. The van der Waals surface area contributed by atoms with E-state index in [1.165, 1.54) is 29.2 Å². The van der Waals surface area contributed by atoms with Gasteiger partial charge in [0.05, 0.1) is 11.7 Å². The highest BCUT2D eigenvalue weighted by Gasteiger charge is 2.38. The lowest BCUT2D eigenvalue weighted by Gasteiger charge is -2.15. The maximum Gasteiger partial charge on any atom is 0.278 e. The maximum atomic E-state index is 13.4. The predicted octanol–water partition coefficient (Wildman–Crippen LogP) is 3.84. The van der Waals surface area contributed by atoms with Gasteiger partial charge in [0, 0.05) is 25.9 Å². The molecule has 7 heteroatoms. The average molecular weight is 412 g/mol. The molecule has 3 rings (SSSR count). The molecule has 6 nitrogen and oxygen atoms in total. The van der Waals surface area contributed by atoms with Crippen molar-refractivity contribution in [2.24, 2.45) is 0 Å². The lowest BCUT2D eigenvalue weighted by atomic mass is 10.0. The summed E-state index contributed by atoms with van der Waals surface area (Å²) in [5.74, 6) is -0.537. The van der Waals surface area contributed by atoms with Gasteiger partial charge in [0.25, 0.3) is 11.8 Å². The van der Waals surface area contributed by atoms with Crippen molar-refractivity contribution >= 4 is 23.1 Å². The molecule has 0 spiro atoms. The summed E-state index contributed by atoms with van der Waals surface area (Å²) >= 11 is 0. The SMILES string of the molecule is COCCCN1C(=O)C(Nc2ccc(OC(C)C)cc2)=C(c2ccc(F)cc2)C1=O. The Bertz CT molecular complexity index is 937. The number of halogens is 1. The second-order valence-corrected chi connectivity index (χ2v) is 7.18. The second kappa shape index (κ2) is 9.54. The smallest absolute Gasteiger partial charge is 0.278 e. The standard InChI is InChI=1S/C23H25FN2O4/c1-15(2)30-19-11-9-18(10-12-19)25-21-20(16-5-7-17(24)8-6-16)22(27)26(23(21)28)13-4-14-29-3/h5-12,15,25H,4,13-14H2,1-3H3. The van der Waals surface area contributed by atoms with Crippen molar-refractivity contribution in [3.05, 3.63) is 65.6 Å². The lowest BCUT2D eigenvalue weighted by molar-refractivity contribution is -0.136. The first-order valence-corrected chi connectivity index (χ1v) is 9.79. The van der Waals surface area contributed by atoms with Gasteiger partial charge in [0.2, 0.25) is 0 Å². The summed E-state index contributed by atoms with van der Waals surface area (Å²) < 4.78 is 24.0. The zero-order valence-corrected chi connectivity index (χ0v) is 17.3. The first-order chi connectivity index (χ1) is 14.4. The number of amides is 2. The van der Waals surface area contributed by atoms with Crippen molar-refractivity contribution in [3.63, 3.8) is 0 Å². The fraction of sp³-hybridized carbons (Fsp3) is 0.304. The van der Waals surface area contributed by atoms with E-state index in [0.29, 0.717) is 30.0 Å². The van der Waals surface area contributed by atoms with Gasteiger partial charge < -0.3 is 14.8 Å². The number of anilines is 1. The van der Waals surface area contributed by atoms with E-state index in [1.54, 1.807) is 31.4 Å². The quantitative estimate of drug-likeness (QED) is 0.501. The number of hydrogen-bond acceptors (Lipinski definition) is 5. The Morgan fingerprint density at radius 3 is 2.27 bits per heavy atom. The fourth-order valence-corrected chi connectivity index (χ4v) is 3.18. The number of benzene rings is 2. The Balaban J connectivity index is 1.91. The molecule has 1 aliphatic heterocycles. The van der Waals surface area contributed by atoms with E-state index in [4.69, 9.17) is 9.47 Å². The van der Waals surface area contributed by atoms with Gasteiger partial charge in [-0.1, -0.05) is 12.1 Å². The topological polar surface area (TPSA) is 67.9 Å². The predicted molar refractivity (Wildman–Crippen MR) is 112 cm³/mol. The molecule has 2 aromatic rings. The third-order valence-corrected chi connectivity index (χ3v) is 4.53. The molecule has 158 valence electrons. The minimum absolute atomic E-state index is 0.0475. The Morgan fingerprint density at radius 1 is 1.00 bits per heavy atom. The third-order valence-electron chi connectivity index (χ3n) is 4.53. The van der Waals surface area contributed by atoms with Crippen LogP contribution in [-0.2, 0) is 14.3 Å². The van der Waals surface area contributed by atoms with Crippen molar-refractivity contribution in [2.45, 2.75) is 26.4 Å². The number of nitrogens with one attached hydrogen (secondary N) is 1. The fourth-order valence-electron chi connectivity index (χ4n) is 3.18. The summed E-state index contributed by atoms with van der Waals surface area (Å²) in [6.07, 6.45) is 0.574. The highest BCUT2D eigenvalue weighted by Crippen LogP contribution is 2.31. The van der Waals surface area contributed by atoms with Crippen LogP contribution in [-0.4, -0.2) is 43.1 Å². The first kappa shape index (κ1) is 21.5. The van der Waals surface area contributed by atoms with Crippen LogP contribution >= 0.6 is 0 Å². The van der Waals surface area contributed by atoms with Crippen LogP contribution in [0.2, 0.25) is 0 Å². The number of carbonyl (C=O) groups excluding carboxylic acids is 2. The highest BCUT2D eigenvalue weighted by molar-refractivity contribution is 6.36. The van der Waals surface area contributed by atoms with Gasteiger partial charge in [-0.05, 0) is 62.2 Å². The van der Waals surface area contributed by atoms with Gasteiger partial charge in [0.1, 0.15) is 17.3 Å². The Morgan fingerprint density at radius 2 is 1.67 bits per heavy atom. The molecule has 2 amide bonds. The minimum atomic E-state index is -0.419. The number of nitrogens with zero attached hydrogens (tertiary/aromatic N) is 1. The van der Waals surface area contributed by atoms with Gasteiger partial charge in [0.15, 0.2) is 0 Å². The van der Waals surface area contributed by atoms with E-state index in [-0.39, 0.29) is 23.9 Å². The van der Waals surface area contributed by atoms with Crippen LogP contribution in [0.1, 0.15) is 25.8 Å². The van der Waals surface area contributed by atoms with E-state index >= 15 is 0 Å². The van der Waals surface area contributed by atoms with Crippen molar-refractivity contribution in [1.29, 1.82) is 0 Å². The van der Waals surface area contributed by atoms with Crippen molar-refractivity contribution in [2.75, 3.05) is 25.6 Å².